The molecule has 0 atom stereocenters. The first-order valence-electron chi connectivity index (χ1n) is 7.30. The number of rotatable bonds is 6. The van der Waals surface area contributed by atoms with Gasteiger partial charge in [-0.2, -0.15) is 5.10 Å². The Morgan fingerprint density at radius 1 is 1.16 bits per heavy atom. The van der Waals surface area contributed by atoms with Crippen LogP contribution >= 0.6 is 0 Å². The van der Waals surface area contributed by atoms with Crippen LogP contribution in [0.25, 0.3) is 0 Å². The number of H-pyrrole nitrogens is 1. The van der Waals surface area contributed by atoms with E-state index in [0.29, 0.717) is 11.6 Å². The SMILES string of the molecule is COc1cc(C)c(F)c(COc2cnc(Nc3cn[nH]c3)nc2)c1F. The largest absolute Gasteiger partial charge is 0.494 e. The molecule has 9 heteroatoms. The maximum atomic E-state index is 14.2. The molecule has 3 aromatic rings. The van der Waals surface area contributed by atoms with E-state index in [9.17, 15) is 8.78 Å². The van der Waals surface area contributed by atoms with Crippen molar-refractivity contribution >= 4 is 11.6 Å². The van der Waals surface area contributed by atoms with Crippen LogP contribution in [0.15, 0.2) is 30.9 Å². The fraction of sp³-hybridized carbons (Fsp3) is 0.188. The minimum absolute atomic E-state index is 0.0339. The Morgan fingerprint density at radius 3 is 2.56 bits per heavy atom. The van der Waals surface area contributed by atoms with Crippen LogP contribution in [-0.4, -0.2) is 27.3 Å². The molecule has 0 aliphatic rings. The standard InChI is InChI=1S/C16H15F2N5O2/c1-9-3-13(24-2)15(18)12(14(9)17)8-25-11-6-19-16(20-7-11)23-10-4-21-22-5-10/h3-7H,8H2,1-2H3,(H,21,22)(H,19,20,23). The first-order chi connectivity index (χ1) is 12.1. The highest BCUT2D eigenvalue weighted by Crippen LogP contribution is 2.27. The molecule has 130 valence electrons. The van der Waals surface area contributed by atoms with E-state index < -0.39 is 11.6 Å². The van der Waals surface area contributed by atoms with Crippen LogP contribution < -0.4 is 14.8 Å². The number of halogens is 2. The maximum absolute atomic E-state index is 14.2. The van der Waals surface area contributed by atoms with Crippen LogP contribution in [0, 0.1) is 18.6 Å². The second-order valence-corrected chi connectivity index (χ2v) is 5.15. The number of nitrogens with one attached hydrogen (secondary N) is 2. The van der Waals surface area contributed by atoms with Gasteiger partial charge in [0.2, 0.25) is 5.95 Å². The summed E-state index contributed by atoms with van der Waals surface area (Å²) in [6, 6.07) is 1.30. The molecule has 0 aliphatic heterocycles. The van der Waals surface area contributed by atoms with Crippen LogP contribution in [0.4, 0.5) is 20.4 Å². The summed E-state index contributed by atoms with van der Waals surface area (Å²) in [5.74, 6) is -0.879. The number of nitrogens with zero attached hydrogens (tertiary/aromatic N) is 3. The number of aromatic nitrogens is 4. The number of aryl methyl sites for hydroxylation is 1. The van der Waals surface area contributed by atoms with Gasteiger partial charge in [-0.3, -0.25) is 5.10 Å². The maximum Gasteiger partial charge on any atom is 0.227 e. The van der Waals surface area contributed by atoms with Crippen LogP contribution in [0.2, 0.25) is 0 Å². The van der Waals surface area contributed by atoms with Crippen LogP contribution in [0.3, 0.4) is 0 Å². The van der Waals surface area contributed by atoms with Gasteiger partial charge in [0.05, 0.1) is 37.0 Å². The molecule has 2 heterocycles. The van der Waals surface area contributed by atoms with E-state index in [1.807, 2.05) is 0 Å². The Morgan fingerprint density at radius 2 is 1.92 bits per heavy atom. The fourth-order valence-electron chi connectivity index (χ4n) is 2.14. The molecule has 0 amide bonds. The van der Waals surface area contributed by atoms with E-state index in [-0.39, 0.29) is 29.2 Å². The molecule has 0 spiro atoms. The summed E-state index contributed by atoms with van der Waals surface area (Å²) >= 11 is 0. The Bertz CT molecular complexity index is 854. The summed E-state index contributed by atoms with van der Waals surface area (Å²) in [6.45, 7) is 1.22. The molecule has 3 rings (SSSR count). The molecule has 1 aromatic carbocycles. The minimum Gasteiger partial charge on any atom is -0.494 e. The quantitative estimate of drug-likeness (QED) is 0.713. The van der Waals surface area contributed by atoms with E-state index >= 15 is 0 Å². The molecule has 0 radical (unpaired) electrons. The van der Waals surface area contributed by atoms with Gasteiger partial charge in [0.1, 0.15) is 12.4 Å². The fourth-order valence-corrected chi connectivity index (χ4v) is 2.14. The lowest BCUT2D eigenvalue weighted by Gasteiger charge is -2.12. The number of anilines is 2. The number of aromatic amines is 1. The monoisotopic (exact) mass is 347 g/mol. The second-order valence-electron chi connectivity index (χ2n) is 5.15. The van der Waals surface area contributed by atoms with Crippen molar-refractivity contribution in [3.8, 4) is 11.5 Å². The molecular weight excluding hydrogens is 332 g/mol. The number of methoxy groups -OCH3 is 1. The molecule has 0 unspecified atom stereocenters. The average molecular weight is 347 g/mol. The predicted octanol–water partition coefficient (Wildman–Crippen LogP) is 3.12. The van der Waals surface area contributed by atoms with Crippen molar-refractivity contribution in [1.29, 1.82) is 0 Å². The van der Waals surface area contributed by atoms with Crippen molar-refractivity contribution in [2.75, 3.05) is 12.4 Å². The van der Waals surface area contributed by atoms with Gasteiger partial charge in [-0.25, -0.2) is 18.7 Å². The van der Waals surface area contributed by atoms with Gasteiger partial charge in [-0.05, 0) is 18.6 Å². The Kier molecular flexibility index (Phi) is 4.73. The number of hydrogen-bond donors (Lipinski definition) is 2. The summed E-state index contributed by atoms with van der Waals surface area (Å²) in [5, 5.41) is 9.36. The minimum atomic E-state index is -0.787. The highest BCUT2D eigenvalue weighted by molar-refractivity contribution is 5.49. The van der Waals surface area contributed by atoms with Crippen molar-refractivity contribution < 1.29 is 18.3 Å². The molecular formula is C16H15F2N5O2. The van der Waals surface area contributed by atoms with Gasteiger partial charge in [0.15, 0.2) is 17.3 Å². The molecule has 2 aromatic heterocycles. The normalized spacial score (nSPS) is 10.6. The Balaban J connectivity index is 1.71. The lowest BCUT2D eigenvalue weighted by atomic mass is 10.1. The number of hydrogen-bond acceptors (Lipinski definition) is 6. The molecule has 0 fully saturated rings. The third-order valence-corrected chi connectivity index (χ3v) is 3.43. The van der Waals surface area contributed by atoms with Gasteiger partial charge in [-0.15, -0.1) is 0 Å². The van der Waals surface area contributed by atoms with Gasteiger partial charge in [0, 0.05) is 6.20 Å². The van der Waals surface area contributed by atoms with Crippen LogP contribution in [0.5, 0.6) is 11.5 Å². The third-order valence-electron chi connectivity index (χ3n) is 3.43. The third kappa shape index (κ3) is 3.65. The van der Waals surface area contributed by atoms with Crippen molar-refractivity contribution in [3.63, 3.8) is 0 Å². The zero-order valence-corrected chi connectivity index (χ0v) is 13.5. The van der Waals surface area contributed by atoms with Crippen molar-refractivity contribution in [2.45, 2.75) is 13.5 Å². The second kappa shape index (κ2) is 7.12. The topological polar surface area (TPSA) is 85.0 Å². The van der Waals surface area contributed by atoms with Gasteiger partial charge < -0.3 is 14.8 Å². The van der Waals surface area contributed by atoms with Crippen molar-refractivity contribution in [2.24, 2.45) is 0 Å². The molecule has 0 bridgehead atoms. The lowest BCUT2D eigenvalue weighted by molar-refractivity contribution is 0.285. The highest BCUT2D eigenvalue weighted by Gasteiger charge is 2.18. The zero-order chi connectivity index (χ0) is 17.8. The van der Waals surface area contributed by atoms with E-state index in [0.717, 1.165) is 0 Å². The molecule has 0 saturated heterocycles. The molecule has 7 nitrogen and oxygen atoms in total. The zero-order valence-electron chi connectivity index (χ0n) is 13.5. The number of benzene rings is 1. The van der Waals surface area contributed by atoms with E-state index in [1.54, 1.807) is 12.4 Å². The smallest absolute Gasteiger partial charge is 0.227 e. The first kappa shape index (κ1) is 16.6. The molecule has 25 heavy (non-hydrogen) atoms. The van der Waals surface area contributed by atoms with Crippen molar-refractivity contribution in [3.05, 3.63) is 53.6 Å². The van der Waals surface area contributed by atoms with E-state index in [4.69, 9.17) is 9.47 Å². The van der Waals surface area contributed by atoms with Gasteiger partial charge >= 0.3 is 0 Å². The first-order valence-corrected chi connectivity index (χ1v) is 7.30. The Hall–Kier alpha value is -3.23. The molecule has 0 saturated carbocycles. The summed E-state index contributed by atoms with van der Waals surface area (Å²) in [6.07, 6.45) is 6.02. The summed E-state index contributed by atoms with van der Waals surface area (Å²) < 4.78 is 38.6. The summed E-state index contributed by atoms with van der Waals surface area (Å²) in [4.78, 5) is 8.12. The summed E-state index contributed by atoms with van der Waals surface area (Å²) in [5.41, 5.74) is 0.759. The van der Waals surface area contributed by atoms with E-state index in [2.05, 4.69) is 25.5 Å². The van der Waals surface area contributed by atoms with Gasteiger partial charge in [0.25, 0.3) is 0 Å². The van der Waals surface area contributed by atoms with Crippen LogP contribution in [-0.2, 0) is 6.61 Å². The highest BCUT2D eigenvalue weighted by atomic mass is 19.1. The summed E-state index contributed by atoms with van der Waals surface area (Å²) in [7, 11) is 1.32. The predicted molar refractivity (Wildman–Crippen MR) is 85.9 cm³/mol. The van der Waals surface area contributed by atoms with E-state index in [1.165, 1.54) is 32.5 Å². The number of ether oxygens (including phenoxy) is 2. The van der Waals surface area contributed by atoms with Crippen LogP contribution in [0.1, 0.15) is 11.1 Å². The lowest BCUT2D eigenvalue weighted by Crippen LogP contribution is -2.06. The average Bonchev–Trinajstić information content (AvgIpc) is 3.12. The molecule has 2 N–H and O–H groups in total. The molecule has 0 aliphatic carbocycles. The Labute approximate surface area is 142 Å². The van der Waals surface area contributed by atoms with Crippen molar-refractivity contribution in [1.82, 2.24) is 20.2 Å². The van der Waals surface area contributed by atoms with Gasteiger partial charge in [-0.1, -0.05) is 0 Å².